The monoisotopic (exact) mass is 366 g/mol. The fourth-order valence-corrected chi connectivity index (χ4v) is 3.07. The molecule has 1 atom stereocenters. The molecule has 3 N–H and O–H groups in total. The lowest BCUT2D eigenvalue weighted by molar-refractivity contribution is -0.119. The lowest BCUT2D eigenvalue weighted by Gasteiger charge is -2.13. The molecule has 3 nitrogen and oxygen atoms in total. The first-order chi connectivity index (χ1) is 12.0. The first-order valence-corrected chi connectivity index (χ1v) is 10.3. The number of anilines is 2. The van der Waals surface area contributed by atoms with Gasteiger partial charge in [0.05, 0.1) is 10.7 Å². The van der Waals surface area contributed by atoms with E-state index in [2.05, 4.69) is 12.2 Å². The molecular weight excluding hydrogens is 332 g/mol. The SMILES string of the molecule is CCCCCCCCCCCCC(C)C(=O)Nc1ccc(Cl)c(N)c1. The summed E-state index contributed by atoms with van der Waals surface area (Å²) >= 11 is 5.89. The normalized spacial score (nSPS) is 12.1. The second-order valence-electron chi connectivity index (χ2n) is 7.10. The van der Waals surface area contributed by atoms with Crippen LogP contribution in [0.3, 0.4) is 0 Å². The molecule has 0 radical (unpaired) electrons. The van der Waals surface area contributed by atoms with Gasteiger partial charge in [-0.25, -0.2) is 0 Å². The summed E-state index contributed by atoms with van der Waals surface area (Å²) in [5.74, 6) is 0.0728. The van der Waals surface area contributed by atoms with Crippen LogP contribution in [-0.2, 0) is 4.79 Å². The van der Waals surface area contributed by atoms with Gasteiger partial charge >= 0.3 is 0 Å². The zero-order valence-corrected chi connectivity index (χ0v) is 16.7. The van der Waals surface area contributed by atoms with Crippen molar-refractivity contribution in [3.8, 4) is 0 Å². The molecule has 0 aliphatic rings. The molecule has 142 valence electrons. The number of hydrogen-bond donors (Lipinski definition) is 2. The minimum absolute atomic E-state index is 0.0194. The average molecular weight is 367 g/mol. The number of halogens is 1. The van der Waals surface area contributed by atoms with Crippen molar-refractivity contribution in [2.45, 2.75) is 84.5 Å². The van der Waals surface area contributed by atoms with Crippen molar-refractivity contribution in [1.82, 2.24) is 0 Å². The van der Waals surface area contributed by atoms with Crippen LogP contribution in [0, 0.1) is 5.92 Å². The van der Waals surface area contributed by atoms with Crippen molar-refractivity contribution in [2.24, 2.45) is 5.92 Å². The molecule has 0 saturated carbocycles. The van der Waals surface area contributed by atoms with E-state index >= 15 is 0 Å². The minimum Gasteiger partial charge on any atom is -0.397 e. The van der Waals surface area contributed by atoms with E-state index in [9.17, 15) is 4.79 Å². The van der Waals surface area contributed by atoms with Crippen molar-refractivity contribution in [3.05, 3.63) is 23.2 Å². The van der Waals surface area contributed by atoms with Crippen LogP contribution in [0.25, 0.3) is 0 Å². The van der Waals surface area contributed by atoms with Crippen LogP contribution in [0.4, 0.5) is 11.4 Å². The van der Waals surface area contributed by atoms with Crippen molar-refractivity contribution >= 4 is 28.9 Å². The lowest BCUT2D eigenvalue weighted by atomic mass is 10.0. The van der Waals surface area contributed by atoms with Gasteiger partial charge in [0.2, 0.25) is 5.91 Å². The van der Waals surface area contributed by atoms with E-state index in [4.69, 9.17) is 17.3 Å². The van der Waals surface area contributed by atoms with Gasteiger partial charge in [-0.2, -0.15) is 0 Å². The van der Waals surface area contributed by atoms with Gasteiger partial charge in [0.1, 0.15) is 0 Å². The predicted molar refractivity (Wildman–Crippen MR) is 110 cm³/mol. The minimum atomic E-state index is 0.0194. The number of carbonyl (C=O) groups is 1. The standard InChI is InChI=1S/C21H35ClN2O/c1-3-4-5-6-7-8-9-10-11-12-13-17(2)21(25)24-18-14-15-19(22)20(23)16-18/h14-17H,3-13,23H2,1-2H3,(H,24,25). The van der Waals surface area contributed by atoms with Gasteiger partial charge < -0.3 is 11.1 Å². The summed E-state index contributed by atoms with van der Waals surface area (Å²) < 4.78 is 0. The Kier molecular flexibility index (Phi) is 11.4. The fourth-order valence-electron chi connectivity index (χ4n) is 2.96. The second-order valence-corrected chi connectivity index (χ2v) is 7.50. The van der Waals surface area contributed by atoms with Gasteiger partial charge in [0.25, 0.3) is 0 Å². The third kappa shape index (κ3) is 9.74. The number of nitrogen functional groups attached to an aromatic ring is 1. The topological polar surface area (TPSA) is 55.1 Å². The molecule has 0 heterocycles. The third-order valence-electron chi connectivity index (χ3n) is 4.70. The van der Waals surface area contributed by atoms with Crippen LogP contribution in [0.5, 0.6) is 0 Å². The van der Waals surface area contributed by atoms with E-state index in [1.54, 1.807) is 18.2 Å². The summed E-state index contributed by atoms with van der Waals surface area (Å²) in [6.45, 7) is 4.24. The predicted octanol–water partition coefficient (Wildman–Crippen LogP) is 6.81. The largest absolute Gasteiger partial charge is 0.397 e. The van der Waals surface area contributed by atoms with Crippen LogP contribution >= 0.6 is 11.6 Å². The Morgan fingerprint density at radius 2 is 1.60 bits per heavy atom. The Hall–Kier alpha value is -1.22. The first-order valence-electron chi connectivity index (χ1n) is 9.90. The summed E-state index contributed by atoms with van der Waals surface area (Å²) in [6.07, 6.45) is 14.1. The highest BCUT2D eigenvalue weighted by molar-refractivity contribution is 6.33. The molecule has 0 aliphatic carbocycles. The molecule has 0 fully saturated rings. The third-order valence-corrected chi connectivity index (χ3v) is 5.05. The van der Waals surface area contributed by atoms with Crippen LogP contribution in [0.15, 0.2) is 18.2 Å². The van der Waals surface area contributed by atoms with Crippen molar-refractivity contribution < 1.29 is 4.79 Å². The maximum absolute atomic E-state index is 12.2. The van der Waals surface area contributed by atoms with Gasteiger partial charge in [0.15, 0.2) is 0 Å². The van der Waals surface area contributed by atoms with Crippen molar-refractivity contribution in [1.29, 1.82) is 0 Å². The number of nitrogens with two attached hydrogens (primary N) is 1. The highest BCUT2D eigenvalue weighted by Gasteiger charge is 2.13. The first kappa shape index (κ1) is 21.8. The molecule has 1 unspecified atom stereocenters. The molecule has 0 aromatic heterocycles. The van der Waals surface area contributed by atoms with Gasteiger partial charge in [-0.3, -0.25) is 4.79 Å². The molecule has 0 saturated heterocycles. The molecule has 0 bridgehead atoms. The Morgan fingerprint density at radius 3 is 2.16 bits per heavy atom. The molecular formula is C21H35ClN2O. The number of benzene rings is 1. The number of nitrogens with one attached hydrogen (secondary N) is 1. The zero-order valence-electron chi connectivity index (χ0n) is 16.0. The molecule has 1 aromatic rings. The number of amides is 1. The Bertz CT molecular complexity index is 505. The summed E-state index contributed by atoms with van der Waals surface area (Å²) in [6, 6.07) is 5.19. The van der Waals surface area contributed by atoms with Crippen molar-refractivity contribution in [3.63, 3.8) is 0 Å². The van der Waals surface area contributed by atoms with Crippen LogP contribution < -0.4 is 11.1 Å². The maximum Gasteiger partial charge on any atom is 0.227 e. The quantitative estimate of drug-likeness (QED) is 0.297. The number of unbranched alkanes of at least 4 members (excludes halogenated alkanes) is 9. The summed E-state index contributed by atoms with van der Waals surface area (Å²) in [4.78, 5) is 12.2. The van der Waals surface area contributed by atoms with Gasteiger partial charge in [-0.15, -0.1) is 0 Å². The van der Waals surface area contributed by atoms with E-state index < -0.39 is 0 Å². The molecule has 0 aliphatic heterocycles. The molecule has 0 spiro atoms. The molecule has 25 heavy (non-hydrogen) atoms. The molecule has 1 amide bonds. The summed E-state index contributed by atoms with van der Waals surface area (Å²) in [5, 5.41) is 3.43. The highest BCUT2D eigenvalue weighted by Crippen LogP contribution is 2.23. The molecule has 1 rings (SSSR count). The van der Waals surface area contributed by atoms with Crippen molar-refractivity contribution in [2.75, 3.05) is 11.1 Å². The van der Waals surface area contributed by atoms with E-state index in [-0.39, 0.29) is 11.8 Å². The summed E-state index contributed by atoms with van der Waals surface area (Å²) in [5.41, 5.74) is 6.96. The second kappa shape index (κ2) is 13.0. The van der Waals surface area contributed by atoms with E-state index in [0.29, 0.717) is 16.4 Å². The van der Waals surface area contributed by atoms with Gasteiger partial charge in [-0.1, -0.05) is 89.7 Å². The smallest absolute Gasteiger partial charge is 0.227 e. The average Bonchev–Trinajstić information content (AvgIpc) is 2.59. The zero-order chi connectivity index (χ0) is 18.5. The molecule has 1 aromatic carbocycles. The van der Waals surface area contributed by atoms with Gasteiger partial charge in [0, 0.05) is 11.6 Å². The Balaban J connectivity index is 2.08. The number of hydrogen-bond acceptors (Lipinski definition) is 2. The van der Waals surface area contributed by atoms with E-state index in [0.717, 1.165) is 12.8 Å². The van der Waals surface area contributed by atoms with Gasteiger partial charge in [-0.05, 0) is 24.6 Å². The number of carbonyl (C=O) groups excluding carboxylic acids is 1. The Labute approximate surface area is 158 Å². The summed E-state index contributed by atoms with van der Waals surface area (Å²) in [7, 11) is 0. The number of rotatable bonds is 13. The maximum atomic E-state index is 12.2. The lowest BCUT2D eigenvalue weighted by Crippen LogP contribution is -2.20. The van der Waals surface area contributed by atoms with Crippen LogP contribution in [-0.4, -0.2) is 5.91 Å². The highest BCUT2D eigenvalue weighted by atomic mass is 35.5. The van der Waals surface area contributed by atoms with E-state index in [1.165, 1.54) is 57.8 Å². The molecule has 4 heteroatoms. The fraction of sp³-hybridized carbons (Fsp3) is 0.667. The van der Waals surface area contributed by atoms with Crippen LogP contribution in [0.1, 0.15) is 84.5 Å². The van der Waals surface area contributed by atoms with E-state index in [1.807, 2.05) is 6.92 Å². The Morgan fingerprint density at radius 1 is 1.04 bits per heavy atom. The van der Waals surface area contributed by atoms with Crippen LogP contribution in [0.2, 0.25) is 5.02 Å².